The van der Waals surface area contributed by atoms with Gasteiger partial charge in [0.15, 0.2) is 0 Å². The normalized spacial score (nSPS) is 29.5. The zero-order chi connectivity index (χ0) is 24.0. The summed E-state index contributed by atoms with van der Waals surface area (Å²) in [7, 11) is 0. The van der Waals surface area contributed by atoms with E-state index in [0.29, 0.717) is 23.6 Å². The second kappa shape index (κ2) is 8.81. The first kappa shape index (κ1) is 23.3. The lowest BCUT2D eigenvalue weighted by Crippen LogP contribution is -2.63. The maximum Gasteiger partial charge on any atom is 0.353 e. The zero-order valence-corrected chi connectivity index (χ0v) is 18.8. The third-order valence-corrected chi connectivity index (χ3v) is 7.90. The van der Waals surface area contributed by atoms with Crippen LogP contribution in [0.5, 0.6) is 0 Å². The van der Waals surface area contributed by atoms with Gasteiger partial charge < -0.3 is 30.9 Å². The average Bonchev–Trinajstić information content (AvgIpc) is 3.30. The molecule has 3 aliphatic rings. The quantitative estimate of drug-likeness (QED) is 0.362. The summed E-state index contributed by atoms with van der Waals surface area (Å²) in [6.45, 7) is 3.87. The van der Waals surface area contributed by atoms with Crippen molar-refractivity contribution in [3.8, 4) is 0 Å². The van der Waals surface area contributed by atoms with Gasteiger partial charge in [-0.1, -0.05) is 13.0 Å². The van der Waals surface area contributed by atoms with Crippen LogP contribution in [0, 0.1) is 11.8 Å². The molecule has 0 bridgehead atoms. The zero-order valence-electron chi connectivity index (χ0n) is 18.0. The number of aromatic carboxylic acids is 1. The molecule has 3 aliphatic heterocycles. The van der Waals surface area contributed by atoms with Crippen molar-refractivity contribution in [1.29, 1.82) is 0 Å². The summed E-state index contributed by atoms with van der Waals surface area (Å²) in [5.74, 6) is -3.79. The average molecular weight is 476 g/mol. The first-order valence-electron chi connectivity index (χ1n) is 10.6. The Hall–Kier alpha value is -2.89. The molecule has 2 saturated heterocycles. The molecule has 2 amide bonds. The number of carboxylic acid groups (broad SMARTS) is 2. The summed E-state index contributed by atoms with van der Waals surface area (Å²) >= 11 is 1.36. The first-order chi connectivity index (χ1) is 15.6. The molecule has 6 atom stereocenters. The molecule has 0 spiro atoms. The molecule has 0 aliphatic carbocycles. The number of anilines is 1. The van der Waals surface area contributed by atoms with E-state index < -0.39 is 30.0 Å². The Morgan fingerprint density at radius 2 is 1.97 bits per heavy atom. The van der Waals surface area contributed by atoms with E-state index in [2.05, 4.69) is 10.6 Å². The van der Waals surface area contributed by atoms with Crippen LogP contribution in [0.2, 0.25) is 0 Å². The molecule has 0 unspecified atom stereocenters. The Kier molecular flexibility index (Phi) is 6.21. The van der Waals surface area contributed by atoms with Crippen LogP contribution < -0.4 is 10.6 Å². The molecule has 0 radical (unpaired) electrons. The number of rotatable bonds is 7. The van der Waals surface area contributed by atoms with Gasteiger partial charge in [-0.15, -0.1) is 11.8 Å². The summed E-state index contributed by atoms with van der Waals surface area (Å²) in [6.07, 6.45) is -0.419. The molecule has 11 heteroatoms. The minimum absolute atomic E-state index is 0.0298. The standard InChI is InChI=1S/C22H25N3O7S/c1-9-16-15(10(2)26)20(28)25(16)17(22(31)32)18(9)33-13-7-14(23-8-13)19(27)24-12-5-3-4-11(6-12)21(29)30/h3-6,9-10,13-16,23,26H,7-8H2,1-2H3,(H,24,27)(H,29,30)(H,31,32)/t9-,10+,13-,14-,15-,16-/m0/s1. The van der Waals surface area contributed by atoms with Crippen molar-refractivity contribution in [2.24, 2.45) is 11.8 Å². The van der Waals surface area contributed by atoms with Crippen LogP contribution in [0.3, 0.4) is 0 Å². The Morgan fingerprint density at radius 3 is 2.61 bits per heavy atom. The maximum atomic E-state index is 12.7. The highest BCUT2D eigenvalue weighted by Crippen LogP contribution is 2.51. The van der Waals surface area contributed by atoms with Crippen LogP contribution in [0.1, 0.15) is 30.6 Å². The predicted octanol–water partition coefficient (Wildman–Crippen LogP) is 0.941. The molecule has 3 heterocycles. The van der Waals surface area contributed by atoms with Gasteiger partial charge in [-0.3, -0.25) is 9.59 Å². The minimum Gasteiger partial charge on any atom is -0.478 e. The number of aliphatic hydroxyl groups is 1. The van der Waals surface area contributed by atoms with Gasteiger partial charge in [-0.2, -0.15) is 0 Å². The van der Waals surface area contributed by atoms with Crippen molar-refractivity contribution < 1.29 is 34.5 Å². The van der Waals surface area contributed by atoms with Crippen molar-refractivity contribution in [1.82, 2.24) is 10.2 Å². The molecule has 10 nitrogen and oxygen atoms in total. The molecule has 176 valence electrons. The molecule has 1 aromatic rings. The van der Waals surface area contributed by atoms with E-state index in [1.165, 1.54) is 35.7 Å². The number of aliphatic carboxylic acids is 1. The number of carboxylic acids is 2. The molecule has 5 N–H and O–H groups in total. The van der Waals surface area contributed by atoms with E-state index in [1.54, 1.807) is 12.1 Å². The van der Waals surface area contributed by atoms with Gasteiger partial charge >= 0.3 is 11.9 Å². The van der Waals surface area contributed by atoms with Crippen LogP contribution in [-0.2, 0) is 14.4 Å². The molecule has 4 rings (SSSR count). The fraction of sp³-hybridized carbons (Fsp3) is 0.455. The van der Waals surface area contributed by atoms with Crippen LogP contribution in [-0.4, -0.2) is 74.0 Å². The van der Waals surface area contributed by atoms with E-state index in [9.17, 15) is 29.4 Å². The van der Waals surface area contributed by atoms with Crippen molar-refractivity contribution in [3.05, 3.63) is 40.4 Å². The number of fused-ring (bicyclic) bond motifs is 1. The minimum atomic E-state index is -1.18. The molecule has 0 saturated carbocycles. The summed E-state index contributed by atoms with van der Waals surface area (Å²) in [5, 5.41) is 34.6. The number of carbonyl (C=O) groups excluding carboxylic acids is 2. The Labute approximate surface area is 194 Å². The second-order valence-corrected chi connectivity index (χ2v) is 9.93. The molecule has 0 aromatic heterocycles. The Balaban J connectivity index is 1.43. The van der Waals surface area contributed by atoms with Gasteiger partial charge in [-0.05, 0) is 31.5 Å². The number of nitrogens with one attached hydrogen (secondary N) is 2. The number of hydrogen-bond acceptors (Lipinski definition) is 7. The molecule has 1 aromatic carbocycles. The van der Waals surface area contributed by atoms with Crippen molar-refractivity contribution >= 4 is 41.2 Å². The lowest BCUT2D eigenvalue weighted by atomic mass is 9.79. The number of carbonyl (C=O) groups is 4. The number of hydrogen-bond donors (Lipinski definition) is 5. The fourth-order valence-corrected chi connectivity index (χ4v) is 6.29. The third-order valence-electron chi connectivity index (χ3n) is 6.39. The van der Waals surface area contributed by atoms with E-state index in [-0.39, 0.29) is 40.3 Å². The van der Waals surface area contributed by atoms with Crippen molar-refractivity contribution in [2.75, 3.05) is 11.9 Å². The third kappa shape index (κ3) is 4.11. The first-order valence-corrected chi connectivity index (χ1v) is 11.5. The largest absolute Gasteiger partial charge is 0.478 e. The van der Waals surface area contributed by atoms with Gasteiger partial charge in [0.05, 0.1) is 29.7 Å². The number of aliphatic hydroxyl groups excluding tert-OH is 1. The maximum absolute atomic E-state index is 12.7. The van der Waals surface area contributed by atoms with E-state index >= 15 is 0 Å². The number of thioether (sulfide) groups is 1. The molecule has 33 heavy (non-hydrogen) atoms. The van der Waals surface area contributed by atoms with Gasteiger partial charge in [0.25, 0.3) is 0 Å². The number of nitrogens with zero attached hydrogens (tertiary/aromatic N) is 1. The second-order valence-electron chi connectivity index (χ2n) is 8.58. The van der Waals surface area contributed by atoms with Gasteiger partial charge in [0.1, 0.15) is 5.70 Å². The van der Waals surface area contributed by atoms with E-state index in [0.717, 1.165) is 0 Å². The van der Waals surface area contributed by atoms with Crippen LogP contribution in [0.25, 0.3) is 0 Å². The van der Waals surface area contributed by atoms with Crippen molar-refractivity contribution in [2.45, 2.75) is 43.7 Å². The Bertz CT molecular complexity index is 1060. The highest BCUT2D eigenvalue weighted by atomic mass is 32.2. The molecule has 2 fully saturated rings. The lowest BCUT2D eigenvalue weighted by molar-refractivity contribution is -0.163. The lowest BCUT2D eigenvalue weighted by Gasteiger charge is -2.46. The number of amides is 2. The molecular weight excluding hydrogens is 450 g/mol. The van der Waals surface area contributed by atoms with Gasteiger partial charge in [0, 0.05) is 28.3 Å². The van der Waals surface area contributed by atoms with Crippen LogP contribution in [0.15, 0.2) is 34.9 Å². The summed E-state index contributed by atoms with van der Waals surface area (Å²) in [4.78, 5) is 50.1. The smallest absolute Gasteiger partial charge is 0.353 e. The monoisotopic (exact) mass is 475 g/mol. The van der Waals surface area contributed by atoms with Crippen LogP contribution >= 0.6 is 11.8 Å². The highest BCUT2D eigenvalue weighted by molar-refractivity contribution is 8.03. The Morgan fingerprint density at radius 1 is 1.24 bits per heavy atom. The number of β-lactam (4-membered cyclic amide) rings is 1. The predicted molar refractivity (Wildman–Crippen MR) is 119 cm³/mol. The summed E-state index contributed by atoms with van der Waals surface area (Å²) < 4.78 is 0. The SMILES string of the molecule is C[C@@H]1C(S[C@@H]2CN[C@H](C(=O)Nc3cccc(C(=O)O)c3)C2)=C(C(=O)O)N2C(=O)[C@@H]([C@@H](C)O)[C@H]12. The number of benzene rings is 1. The van der Waals surface area contributed by atoms with Gasteiger partial charge in [-0.25, -0.2) is 9.59 Å². The topological polar surface area (TPSA) is 156 Å². The highest BCUT2D eigenvalue weighted by Gasteiger charge is 2.60. The van der Waals surface area contributed by atoms with E-state index in [4.69, 9.17) is 5.11 Å². The summed E-state index contributed by atoms with van der Waals surface area (Å²) in [6, 6.07) is 5.07. The van der Waals surface area contributed by atoms with Gasteiger partial charge in [0.2, 0.25) is 11.8 Å². The summed E-state index contributed by atoms with van der Waals surface area (Å²) in [5.41, 5.74) is 0.418. The van der Waals surface area contributed by atoms with Crippen molar-refractivity contribution in [3.63, 3.8) is 0 Å². The fourth-order valence-electron chi connectivity index (χ4n) is 4.81. The van der Waals surface area contributed by atoms with E-state index in [1.807, 2.05) is 6.92 Å². The van der Waals surface area contributed by atoms with Crippen LogP contribution in [0.4, 0.5) is 5.69 Å². The molecular formula is C22H25N3O7S.